The van der Waals surface area contributed by atoms with Crippen molar-refractivity contribution in [1.82, 2.24) is 9.80 Å². The summed E-state index contributed by atoms with van der Waals surface area (Å²) in [5, 5.41) is 0. The third kappa shape index (κ3) is 2.98. The first kappa shape index (κ1) is 17.8. The smallest absolute Gasteiger partial charge is 0.338 e. The van der Waals surface area contributed by atoms with Crippen LogP contribution >= 0.6 is 0 Å². The number of methoxy groups -OCH3 is 2. The number of nitrogens with zero attached hydrogens (tertiary/aromatic N) is 2. The van der Waals surface area contributed by atoms with E-state index in [9.17, 15) is 14.4 Å². The summed E-state index contributed by atoms with van der Waals surface area (Å²) in [7, 11) is 2.71. The molecule has 4 amide bonds. The number of imide groups is 2. The number of benzene rings is 2. The van der Waals surface area contributed by atoms with Gasteiger partial charge in [0, 0.05) is 25.3 Å². The molecule has 0 saturated carbocycles. The molecule has 2 aromatic rings. The molecule has 1 saturated heterocycles. The summed E-state index contributed by atoms with van der Waals surface area (Å²) < 4.78 is 10.6. The lowest BCUT2D eigenvalue weighted by Crippen LogP contribution is -2.43. The number of amides is 4. The lowest BCUT2D eigenvalue weighted by Gasteiger charge is -2.23. The maximum atomic E-state index is 12.9. The van der Waals surface area contributed by atoms with Gasteiger partial charge in [0.25, 0.3) is 11.8 Å². The van der Waals surface area contributed by atoms with E-state index in [1.807, 2.05) is 0 Å². The fourth-order valence-electron chi connectivity index (χ4n) is 2.88. The van der Waals surface area contributed by atoms with Crippen LogP contribution in [0.25, 0.3) is 0 Å². The Balaban J connectivity index is 1.98. The predicted molar refractivity (Wildman–Crippen MR) is 92.2 cm³/mol. The summed E-state index contributed by atoms with van der Waals surface area (Å²) in [5.74, 6) is -1.12. The zero-order chi connectivity index (χ0) is 18.7. The lowest BCUT2D eigenvalue weighted by molar-refractivity contribution is -0.0931. The van der Waals surface area contributed by atoms with Crippen molar-refractivity contribution < 1.29 is 23.9 Å². The minimum Gasteiger partial charge on any atom is -0.356 e. The first-order valence-corrected chi connectivity index (χ1v) is 7.97. The summed E-state index contributed by atoms with van der Waals surface area (Å²) in [6.07, 6.45) is -2.10. The van der Waals surface area contributed by atoms with E-state index in [2.05, 4.69) is 0 Å². The largest absolute Gasteiger partial charge is 0.356 e. The van der Waals surface area contributed by atoms with E-state index < -0.39 is 30.3 Å². The van der Waals surface area contributed by atoms with Gasteiger partial charge in [0.15, 0.2) is 12.5 Å². The van der Waals surface area contributed by atoms with Crippen molar-refractivity contribution >= 4 is 17.8 Å². The van der Waals surface area contributed by atoms with Gasteiger partial charge in [0.1, 0.15) is 0 Å². The number of urea groups is 1. The second-order valence-electron chi connectivity index (χ2n) is 5.62. The molecule has 3 rings (SSSR count). The van der Waals surface area contributed by atoms with Crippen molar-refractivity contribution in [3.05, 3.63) is 71.8 Å². The van der Waals surface area contributed by atoms with Crippen molar-refractivity contribution in [3.63, 3.8) is 0 Å². The zero-order valence-electron chi connectivity index (χ0n) is 14.4. The van der Waals surface area contributed by atoms with Crippen molar-refractivity contribution in [1.29, 1.82) is 0 Å². The number of carbonyl (C=O) groups is 3. The number of carbonyl (C=O) groups excluding carboxylic acids is 3. The van der Waals surface area contributed by atoms with Gasteiger partial charge in [-0.15, -0.1) is 0 Å². The van der Waals surface area contributed by atoms with E-state index >= 15 is 0 Å². The molecular formula is C19H18N2O5. The highest BCUT2D eigenvalue weighted by molar-refractivity contribution is 6.12. The molecule has 26 heavy (non-hydrogen) atoms. The maximum Gasteiger partial charge on any atom is 0.338 e. The van der Waals surface area contributed by atoms with Crippen LogP contribution in [0.5, 0.6) is 0 Å². The van der Waals surface area contributed by atoms with Crippen molar-refractivity contribution in [2.45, 2.75) is 12.5 Å². The summed E-state index contributed by atoms with van der Waals surface area (Å²) in [5.41, 5.74) is 0.624. The Hall–Kier alpha value is -3.03. The van der Waals surface area contributed by atoms with Crippen LogP contribution < -0.4 is 0 Å². The van der Waals surface area contributed by atoms with E-state index in [1.54, 1.807) is 60.7 Å². The minimum absolute atomic E-state index is 0.312. The van der Waals surface area contributed by atoms with Crippen LogP contribution in [0.3, 0.4) is 0 Å². The first-order valence-electron chi connectivity index (χ1n) is 7.97. The Labute approximate surface area is 150 Å². The molecule has 1 fully saturated rings. The molecule has 7 nitrogen and oxygen atoms in total. The molecule has 0 aliphatic carbocycles. The lowest BCUT2D eigenvalue weighted by atomic mass is 10.2. The number of hydrogen-bond acceptors (Lipinski definition) is 5. The van der Waals surface area contributed by atoms with Crippen molar-refractivity contribution in [2.24, 2.45) is 0 Å². The Kier molecular flexibility index (Phi) is 5.11. The molecule has 0 bridgehead atoms. The average Bonchev–Trinajstić information content (AvgIpc) is 2.99. The number of hydrogen-bond donors (Lipinski definition) is 0. The molecule has 0 aromatic heterocycles. The zero-order valence-corrected chi connectivity index (χ0v) is 14.4. The molecule has 0 N–H and O–H groups in total. The standard InChI is InChI=1S/C19H18N2O5/c1-25-17-18(26-2)21(16(23)14-11-7-4-8-12-14)19(24)20(17)15(22)13-9-5-3-6-10-13/h3-12,17-18H,1-2H3/t17-,18-/m1/s1. The van der Waals surface area contributed by atoms with E-state index in [4.69, 9.17) is 9.47 Å². The predicted octanol–water partition coefficient (Wildman–Crippen LogP) is 2.35. The topological polar surface area (TPSA) is 76.2 Å². The summed E-state index contributed by atoms with van der Waals surface area (Å²) >= 11 is 0. The van der Waals surface area contributed by atoms with Crippen LogP contribution in [-0.4, -0.2) is 54.3 Å². The van der Waals surface area contributed by atoms with Gasteiger partial charge in [-0.2, -0.15) is 0 Å². The van der Waals surface area contributed by atoms with Crippen LogP contribution in [0.1, 0.15) is 20.7 Å². The highest BCUT2D eigenvalue weighted by Gasteiger charge is 2.52. The van der Waals surface area contributed by atoms with Gasteiger partial charge in [-0.05, 0) is 24.3 Å². The fourth-order valence-corrected chi connectivity index (χ4v) is 2.88. The van der Waals surface area contributed by atoms with Gasteiger partial charge in [0.05, 0.1) is 0 Å². The van der Waals surface area contributed by atoms with Gasteiger partial charge >= 0.3 is 6.03 Å². The fraction of sp³-hybridized carbons (Fsp3) is 0.211. The van der Waals surface area contributed by atoms with Crippen molar-refractivity contribution in [3.8, 4) is 0 Å². The quantitative estimate of drug-likeness (QED) is 0.842. The third-order valence-electron chi connectivity index (χ3n) is 4.13. The van der Waals surface area contributed by atoms with Gasteiger partial charge in [0.2, 0.25) is 0 Å². The van der Waals surface area contributed by atoms with Crippen LogP contribution in [0, 0.1) is 0 Å². The summed E-state index contributed by atoms with van der Waals surface area (Å²) in [4.78, 5) is 40.4. The van der Waals surface area contributed by atoms with Crippen LogP contribution in [0.4, 0.5) is 4.79 Å². The van der Waals surface area contributed by atoms with Gasteiger partial charge < -0.3 is 9.47 Å². The van der Waals surface area contributed by atoms with E-state index in [1.165, 1.54) is 14.2 Å². The second-order valence-corrected chi connectivity index (χ2v) is 5.62. The monoisotopic (exact) mass is 354 g/mol. The molecule has 1 aliphatic rings. The van der Waals surface area contributed by atoms with Gasteiger partial charge in [-0.3, -0.25) is 9.59 Å². The normalized spacial score (nSPS) is 19.7. The van der Waals surface area contributed by atoms with Crippen molar-refractivity contribution in [2.75, 3.05) is 14.2 Å². The SMILES string of the molecule is CO[C@@H]1[C@@H](OC)N(C(=O)c2ccccc2)C(=O)N1C(=O)c1ccccc1. The first-order chi connectivity index (χ1) is 12.6. The van der Waals surface area contributed by atoms with Gasteiger partial charge in [-0.25, -0.2) is 14.6 Å². The molecule has 2 atom stereocenters. The molecule has 7 heteroatoms. The Morgan fingerprint density at radius 1 is 0.731 bits per heavy atom. The summed E-state index contributed by atoms with van der Waals surface area (Å²) in [6, 6.07) is 15.9. The second kappa shape index (κ2) is 7.47. The Bertz CT molecular complexity index is 742. The molecule has 0 radical (unpaired) electrons. The molecule has 2 aromatic carbocycles. The van der Waals surface area contributed by atoms with Crippen LogP contribution in [-0.2, 0) is 9.47 Å². The van der Waals surface area contributed by atoms with E-state index in [0.29, 0.717) is 11.1 Å². The Morgan fingerprint density at radius 3 is 1.38 bits per heavy atom. The average molecular weight is 354 g/mol. The number of ether oxygens (including phenoxy) is 2. The van der Waals surface area contributed by atoms with E-state index in [0.717, 1.165) is 9.80 Å². The molecule has 0 spiro atoms. The molecule has 134 valence electrons. The molecule has 1 aliphatic heterocycles. The molecular weight excluding hydrogens is 336 g/mol. The van der Waals surface area contributed by atoms with Gasteiger partial charge in [-0.1, -0.05) is 36.4 Å². The Morgan fingerprint density at radius 2 is 1.08 bits per heavy atom. The number of rotatable bonds is 4. The summed E-state index contributed by atoms with van der Waals surface area (Å²) in [6.45, 7) is 0. The highest BCUT2D eigenvalue weighted by Crippen LogP contribution is 2.28. The highest BCUT2D eigenvalue weighted by atomic mass is 16.6. The van der Waals surface area contributed by atoms with Crippen LogP contribution in [0.2, 0.25) is 0 Å². The maximum absolute atomic E-state index is 12.9. The molecule has 1 heterocycles. The molecule has 0 unspecified atom stereocenters. The van der Waals surface area contributed by atoms with Crippen LogP contribution in [0.15, 0.2) is 60.7 Å². The minimum atomic E-state index is -1.05. The third-order valence-corrected chi connectivity index (χ3v) is 4.13. The van der Waals surface area contributed by atoms with E-state index in [-0.39, 0.29) is 0 Å².